The van der Waals surface area contributed by atoms with E-state index in [9.17, 15) is 9.18 Å². The Kier molecular flexibility index (Phi) is 3.69. The number of hydrogen-bond donors (Lipinski definition) is 1. The van der Waals surface area contributed by atoms with Crippen LogP contribution < -0.4 is 5.32 Å². The lowest BCUT2D eigenvalue weighted by Crippen LogP contribution is -2.32. The van der Waals surface area contributed by atoms with Crippen molar-refractivity contribution in [1.29, 1.82) is 0 Å². The van der Waals surface area contributed by atoms with E-state index in [1.807, 2.05) is 0 Å². The molecule has 0 saturated carbocycles. The van der Waals surface area contributed by atoms with Crippen LogP contribution in [0.5, 0.6) is 0 Å². The first kappa shape index (κ1) is 14.0. The average Bonchev–Trinajstić information content (AvgIpc) is 2.89. The van der Waals surface area contributed by atoms with Crippen molar-refractivity contribution in [2.24, 2.45) is 4.99 Å². The molecule has 0 spiro atoms. The minimum atomic E-state index is -0.365. The summed E-state index contributed by atoms with van der Waals surface area (Å²) in [7, 11) is 0. The number of aliphatic imine (C=N–C) groups is 1. The van der Waals surface area contributed by atoms with Crippen LogP contribution in [0.4, 0.5) is 15.0 Å². The zero-order valence-electron chi connectivity index (χ0n) is 11.9. The Labute approximate surface area is 126 Å². The summed E-state index contributed by atoms with van der Waals surface area (Å²) < 4.78 is 14.9. The summed E-state index contributed by atoms with van der Waals surface area (Å²) in [6.45, 7) is 2.06. The molecule has 2 heterocycles. The van der Waals surface area contributed by atoms with E-state index in [0.29, 0.717) is 17.2 Å². The van der Waals surface area contributed by atoms with Crippen molar-refractivity contribution < 1.29 is 9.18 Å². The Morgan fingerprint density at radius 1 is 1.36 bits per heavy atom. The zero-order valence-corrected chi connectivity index (χ0v) is 11.9. The van der Waals surface area contributed by atoms with Gasteiger partial charge in [-0.05, 0) is 31.2 Å². The molecule has 7 heteroatoms. The average molecular weight is 299 g/mol. The van der Waals surface area contributed by atoms with Gasteiger partial charge in [-0.3, -0.25) is 15.2 Å². The van der Waals surface area contributed by atoms with Crippen LogP contribution in [0.3, 0.4) is 0 Å². The SMILES string of the molecule is Cc1cc(NC(=O)N2C=CC=NC2)n(-c2cccc(F)c2)n1. The predicted octanol–water partition coefficient (Wildman–Crippen LogP) is 2.71. The third kappa shape index (κ3) is 2.88. The number of carbonyl (C=O) groups is 1. The number of rotatable bonds is 2. The Morgan fingerprint density at radius 3 is 2.95 bits per heavy atom. The lowest BCUT2D eigenvalue weighted by Gasteiger charge is -2.18. The lowest BCUT2D eigenvalue weighted by atomic mass is 10.3. The third-order valence-electron chi connectivity index (χ3n) is 3.07. The summed E-state index contributed by atoms with van der Waals surface area (Å²) in [6, 6.07) is 7.42. The van der Waals surface area contributed by atoms with E-state index in [1.165, 1.54) is 21.7 Å². The highest BCUT2D eigenvalue weighted by Gasteiger charge is 2.15. The molecule has 0 unspecified atom stereocenters. The van der Waals surface area contributed by atoms with Gasteiger partial charge in [-0.1, -0.05) is 6.07 Å². The van der Waals surface area contributed by atoms with Crippen molar-refractivity contribution in [3.63, 3.8) is 0 Å². The van der Waals surface area contributed by atoms with Gasteiger partial charge in [-0.15, -0.1) is 0 Å². The maximum atomic E-state index is 13.4. The van der Waals surface area contributed by atoms with Gasteiger partial charge in [0.15, 0.2) is 0 Å². The number of carbonyl (C=O) groups excluding carboxylic acids is 1. The summed E-state index contributed by atoms with van der Waals surface area (Å²) in [5, 5.41) is 7.05. The van der Waals surface area contributed by atoms with Gasteiger partial charge in [0.05, 0.1) is 11.4 Å². The number of urea groups is 1. The van der Waals surface area contributed by atoms with E-state index in [4.69, 9.17) is 0 Å². The van der Waals surface area contributed by atoms with Crippen LogP contribution in [0.2, 0.25) is 0 Å². The Hall–Kier alpha value is -2.96. The zero-order chi connectivity index (χ0) is 15.5. The lowest BCUT2D eigenvalue weighted by molar-refractivity contribution is 0.229. The monoisotopic (exact) mass is 299 g/mol. The van der Waals surface area contributed by atoms with Gasteiger partial charge < -0.3 is 0 Å². The smallest absolute Gasteiger partial charge is 0.292 e. The molecular formula is C15H14FN5O. The largest absolute Gasteiger partial charge is 0.328 e. The number of amides is 2. The molecular weight excluding hydrogens is 285 g/mol. The number of hydrogen-bond acceptors (Lipinski definition) is 3. The van der Waals surface area contributed by atoms with Crippen LogP contribution in [0.15, 0.2) is 47.6 Å². The van der Waals surface area contributed by atoms with Crippen LogP contribution in [-0.4, -0.2) is 33.6 Å². The second-order valence-corrected chi connectivity index (χ2v) is 4.78. The molecule has 1 aromatic carbocycles. The molecule has 1 N–H and O–H groups in total. The molecule has 2 aromatic rings. The highest BCUT2D eigenvalue weighted by atomic mass is 19.1. The number of halogens is 1. The van der Waals surface area contributed by atoms with E-state index in [1.54, 1.807) is 43.6 Å². The van der Waals surface area contributed by atoms with Gasteiger partial charge in [0.1, 0.15) is 18.3 Å². The summed E-state index contributed by atoms with van der Waals surface area (Å²) in [4.78, 5) is 17.6. The van der Waals surface area contributed by atoms with Gasteiger partial charge in [0.2, 0.25) is 0 Å². The van der Waals surface area contributed by atoms with Crippen LogP contribution in [0.1, 0.15) is 5.69 Å². The number of aromatic nitrogens is 2. The molecule has 0 radical (unpaired) electrons. The van der Waals surface area contributed by atoms with Gasteiger partial charge in [-0.2, -0.15) is 5.10 Å². The molecule has 112 valence electrons. The first-order chi connectivity index (χ1) is 10.6. The van der Waals surface area contributed by atoms with Crippen LogP contribution >= 0.6 is 0 Å². The number of benzene rings is 1. The quantitative estimate of drug-likeness (QED) is 0.926. The van der Waals surface area contributed by atoms with Gasteiger partial charge in [0, 0.05) is 18.5 Å². The Bertz CT molecular complexity index is 765. The fourth-order valence-corrected chi connectivity index (χ4v) is 2.09. The molecule has 2 amide bonds. The molecule has 3 rings (SSSR count). The van der Waals surface area contributed by atoms with E-state index in [-0.39, 0.29) is 18.5 Å². The minimum Gasteiger partial charge on any atom is -0.292 e. The normalized spacial score (nSPS) is 13.5. The molecule has 0 aliphatic carbocycles. The Balaban J connectivity index is 1.87. The van der Waals surface area contributed by atoms with Crippen LogP contribution in [-0.2, 0) is 0 Å². The van der Waals surface area contributed by atoms with E-state index < -0.39 is 0 Å². The molecule has 22 heavy (non-hydrogen) atoms. The van der Waals surface area contributed by atoms with Crippen LogP contribution in [0, 0.1) is 12.7 Å². The molecule has 0 atom stereocenters. The first-order valence-electron chi connectivity index (χ1n) is 6.70. The highest BCUT2D eigenvalue weighted by molar-refractivity contribution is 5.90. The third-order valence-corrected chi connectivity index (χ3v) is 3.07. The first-order valence-corrected chi connectivity index (χ1v) is 6.70. The number of nitrogens with one attached hydrogen (secondary N) is 1. The fraction of sp³-hybridized carbons (Fsp3) is 0.133. The van der Waals surface area contributed by atoms with Crippen molar-refractivity contribution in [2.45, 2.75) is 6.92 Å². The van der Waals surface area contributed by atoms with Crippen LogP contribution in [0.25, 0.3) is 5.69 Å². The summed E-state index contributed by atoms with van der Waals surface area (Å²) >= 11 is 0. The number of anilines is 1. The van der Waals surface area contributed by atoms with E-state index in [2.05, 4.69) is 15.4 Å². The molecule has 1 aromatic heterocycles. The van der Waals surface area contributed by atoms with Gasteiger partial charge in [0.25, 0.3) is 0 Å². The maximum absolute atomic E-state index is 13.4. The standard InChI is InChI=1S/C15H14FN5O/c1-11-8-14(18-15(22)20-7-3-6-17-10-20)21(19-11)13-5-2-4-12(16)9-13/h2-9H,10H2,1H3,(H,18,22). The summed E-state index contributed by atoms with van der Waals surface area (Å²) in [5.74, 6) is 0.104. The summed E-state index contributed by atoms with van der Waals surface area (Å²) in [6.07, 6.45) is 4.95. The molecule has 1 aliphatic rings. The van der Waals surface area contributed by atoms with Crippen molar-refractivity contribution in [2.75, 3.05) is 12.0 Å². The highest BCUT2D eigenvalue weighted by Crippen LogP contribution is 2.18. The number of aryl methyl sites for hydroxylation is 1. The van der Waals surface area contributed by atoms with Crippen molar-refractivity contribution in [3.8, 4) is 5.69 Å². The minimum absolute atomic E-state index is 0.259. The number of nitrogens with zero attached hydrogens (tertiary/aromatic N) is 4. The molecule has 0 saturated heterocycles. The molecule has 1 aliphatic heterocycles. The van der Waals surface area contributed by atoms with Crippen molar-refractivity contribution in [3.05, 3.63) is 54.1 Å². The second-order valence-electron chi connectivity index (χ2n) is 4.78. The van der Waals surface area contributed by atoms with Crippen molar-refractivity contribution in [1.82, 2.24) is 14.7 Å². The maximum Gasteiger partial charge on any atom is 0.328 e. The van der Waals surface area contributed by atoms with Crippen molar-refractivity contribution >= 4 is 18.1 Å². The summed E-state index contributed by atoms with van der Waals surface area (Å²) in [5.41, 5.74) is 1.25. The molecule has 0 fully saturated rings. The molecule has 6 nitrogen and oxygen atoms in total. The van der Waals surface area contributed by atoms with Gasteiger partial charge in [-0.25, -0.2) is 13.9 Å². The van der Waals surface area contributed by atoms with E-state index in [0.717, 1.165) is 0 Å². The van der Waals surface area contributed by atoms with Gasteiger partial charge >= 0.3 is 6.03 Å². The second kappa shape index (κ2) is 5.80. The topological polar surface area (TPSA) is 62.5 Å². The predicted molar refractivity (Wildman–Crippen MR) is 81.6 cm³/mol. The van der Waals surface area contributed by atoms with E-state index >= 15 is 0 Å². The Morgan fingerprint density at radius 2 is 2.23 bits per heavy atom. The fourth-order valence-electron chi connectivity index (χ4n) is 2.09. The molecule has 0 bridgehead atoms. The number of allylic oxidation sites excluding steroid dienone is 1.